The van der Waals surface area contributed by atoms with Crippen LogP contribution in [-0.4, -0.2) is 34.8 Å². The summed E-state index contributed by atoms with van der Waals surface area (Å²) in [6.07, 6.45) is 7.50. The summed E-state index contributed by atoms with van der Waals surface area (Å²) in [5.41, 5.74) is 0. The first kappa shape index (κ1) is 17.9. The van der Waals surface area contributed by atoms with Gasteiger partial charge in [0.15, 0.2) is 0 Å². The molecule has 0 fully saturated rings. The molecule has 0 aliphatic heterocycles. The summed E-state index contributed by atoms with van der Waals surface area (Å²) < 4.78 is 0. The first-order valence-corrected chi connectivity index (χ1v) is 4.02. The van der Waals surface area contributed by atoms with Crippen LogP contribution in [0.25, 0.3) is 0 Å². The van der Waals surface area contributed by atoms with Gasteiger partial charge in [-0.05, 0) is 6.42 Å². The molecule has 0 bridgehead atoms. The smallest absolute Gasteiger partial charge is 1.00 e. The SMILES string of the molecule is CCCCCCCCO.[Cl-].[Mg+2]. The van der Waals surface area contributed by atoms with Gasteiger partial charge >= 0.3 is 23.1 Å². The minimum absolute atomic E-state index is 0. The van der Waals surface area contributed by atoms with Crippen molar-refractivity contribution in [3.63, 3.8) is 0 Å². The van der Waals surface area contributed by atoms with Crippen molar-refractivity contribution in [2.45, 2.75) is 45.4 Å². The van der Waals surface area contributed by atoms with Crippen molar-refractivity contribution in [3.8, 4) is 0 Å². The van der Waals surface area contributed by atoms with Crippen LogP contribution in [0.1, 0.15) is 45.4 Å². The zero-order valence-electron chi connectivity index (χ0n) is 7.48. The molecule has 0 aliphatic rings. The van der Waals surface area contributed by atoms with Crippen LogP contribution in [0.15, 0.2) is 0 Å². The van der Waals surface area contributed by atoms with Crippen LogP contribution < -0.4 is 12.4 Å². The first-order valence-electron chi connectivity index (χ1n) is 4.02. The molecule has 1 N–H and O–H groups in total. The van der Waals surface area contributed by atoms with Crippen molar-refractivity contribution in [3.05, 3.63) is 0 Å². The Labute approximate surface area is 92.5 Å². The summed E-state index contributed by atoms with van der Waals surface area (Å²) in [6.45, 7) is 2.58. The molecule has 0 unspecified atom stereocenters. The molecule has 0 amide bonds. The second-order valence-corrected chi connectivity index (χ2v) is 2.49. The standard InChI is InChI=1S/C8H18O.ClH.Mg/c1-2-3-4-5-6-7-8-9;;/h9H,2-8H2,1H3;1H;/q;;+2/p-1. The zero-order valence-corrected chi connectivity index (χ0v) is 9.65. The molecule has 0 spiro atoms. The van der Waals surface area contributed by atoms with E-state index in [1.165, 1.54) is 32.1 Å². The van der Waals surface area contributed by atoms with E-state index in [-0.39, 0.29) is 35.5 Å². The van der Waals surface area contributed by atoms with Crippen molar-refractivity contribution in [1.82, 2.24) is 0 Å². The minimum Gasteiger partial charge on any atom is -1.00 e. The van der Waals surface area contributed by atoms with Crippen LogP contribution in [-0.2, 0) is 0 Å². The molecule has 1 nitrogen and oxygen atoms in total. The largest absolute Gasteiger partial charge is 2.00 e. The molecule has 0 aliphatic carbocycles. The molecule has 0 radical (unpaired) electrons. The Morgan fingerprint density at radius 3 is 1.82 bits per heavy atom. The van der Waals surface area contributed by atoms with Crippen molar-refractivity contribution < 1.29 is 17.5 Å². The van der Waals surface area contributed by atoms with E-state index in [2.05, 4.69) is 6.92 Å². The quantitative estimate of drug-likeness (QED) is 0.419. The normalized spacial score (nSPS) is 8.18. The number of unbranched alkanes of at least 4 members (excludes halogenated alkanes) is 5. The van der Waals surface area contributed by atoms with E-state index in [0.717, 1.165) is 6.42 Å². The fraction of sp³-hybridized carbons (Fsp3) is 1.00. The summed E-state index contributed by atoms with van der Waals surface area (Å²) in [6, 6.07) is 0. The van der Waals surface area contributed by atoms with Gasteiger partial charge in [0.2, 0.25) is 0 Å². The Hall–Kier alpha value is 1.02. The van der Waals surface area contributed by atoms with Crippen molar-refractivity contribution in [1.29, 1.82) is 0 Å². The van der Waals surface area contributed by atoms with E-state index >= 15 is 0 Å². The van der Waals surface area contributed by atoms with Gasteiger partial charge in [-0.3, -0.25) is 0 Å². The van der Waals surface area contributed by atoms with Gasteiger partial charge in [-0.2, -0.15) is 0 Å². The number of hydrogen-bond donors (Lipinski definition) is 1. The molecular formula is C8H18ClMgO+. The Bertz CT molecular complexity index is 47.4. The Balaban J connectivity index is -0.000000320. The Morgan fingerprint density at radius 1 is 0.909 bits per heavy atom. The molecule has 11 heavy (non-hydrogen) atoms. The van der Waals surface area contributed by atoms with E-state index in [1.54, 1.807) is 0 Å². The summed E-state index contributed by atoms with van der Waals surface area (Å²) in [4.78, 5) is 0. The molecule has 0 atom stereocenters. The molecule has 3 heteroatoms. The molecular weight excluding hydrogens is 172 g/mol. The molecule has 0 saturated heterocycles. The van der Waals surface area contributed by atoms with Crippen LogP contribution in [0, 0.1) is 0 Å². The molecule has 0 saturated carbocycles. The van der Waals surface area contributed by atoms with Gasteiger partial charge in [0, 0.05) is 6.61 Å². The van der Waals surface area contributed by atoms with Gasteiger partial charge in [0.05, 0.1) is 0 Å². The van der Waals surface area contributed by atoms with Gasteiger partial charge in [0.25, 0.3) is 0 Å². The number of aliphatic hydroxyl groups excluding tert-OH is 1. The molecule has 0 aromatic rings. The molecule has 64 valence electrons. The Kier molecular flexibility index (Phi) is 28.0. The average Bonchev–Trinajstić information content (AvgIpc) is 1.89. The van der Waals surface area contributed by atoms with E-state index in [0.29, 0.717) is 6.61 Å². The van der Waals surface area contributed by atoms with E-state index < -0.39 is 0 Å². The number of aliphatic hydroxyl groups is 1. The van der Waals surface area contributed by atoms with Gasteiger partial charge < -0.3 is 17.5 Å². The maximum Gasteiger partial charge on any atom is 2.00 e. The predicted molar refractivity (Wildman–Crippen MR) is 46.2 cm³/mol. The Morgan fingerprint density at radius 2 is 1.36 bits per heavy atom. The molecule has 0 aromatic heterocycles. The number of halogens is 1. The van der Waals surface area contributed by atoms with E-state index in [9.17, 15) is 0 Å². The van der Waals surface area contributed by atoms with E-state index in [1.807, 2.05) is 0 Å². The monoisotopic (exact) mass is 189 g/mol. The van der Waals surface area contributed by atoms with Crippen LogP contribution in [0.4, 0.5) is 0 Å². The van der Waals surface area contributed by atoms with Gasteiger partial charge in [-0.15, -0.1) is 0 Å². The minimum atomic E-state index is 0. The van der Waals surface area contributed by atoms with Crippen molar-refractivity contribution in [2.75, 3.05) is 6.61 Å². The molecule has 0 aromatic carbocycles. The van der Waals surface area contributed by atoms with E-state index in [4.69, 9.17) is 5.11 Å². The average molecular weight is 190 g/mol. The summed E-state index contributed by atoms with van der Waals surface area (Å²) in [5, 5.41) is 8.42. The van der Waals surface area contributed by atoms with Crippen LogP contribution in [0.3, 0.4) is 0 Å². The molecule has 0 heterocycles. The fourth-order valence-electron chi connectivity index (χ4n) is 0.892. The van der Waals surface area contributed by atoms with Crippen LogP contribution >= 0.6 is 0 Å². The predicted octanol–water partition coefficient (Wildman–Crippen LogP) is -1.04. The zero-order chi connectivity index (χ0) is 6.95. The van der Waals surface area contributed by atoms with Gasteiger partial charge in [0.1, 0.15) is 0 Å². The summed E-state index contributed by atoms with van der Waals surface area (Å²) in [7, 11) is 0. The van der Waals surface area contributed by atoms with Crippen LogP contribution in [0.2, 0.25) is 0 Å². The topological polar surface area (TPSA) is 20.2 Å². The summed E-state index contributed by atoms with van der Waals surface area (Å²) >= 11 is 0. The first-order chi connectivity index (χ1) is 4.41. The van der Waals surface area contributed by atoms with Crippen molar-refractivity contribution in [2.24, 2.45) is 0 Å². The fourth-order valence-corrected chi connectivity index (χ4v) is 0.892. The third-order valence-corrected chi connectivity index (χ3v) is 1.51. The second kappa shape index (κ2) is 17.2. The van der Waals surface area contributed by atoms with Crippen molar-refractivity contribution >= 4 is 23.1 Å². The number of hydrogen-bond acceptors (Lipinski definition) is 1. The summed E-state index contributed by atoms with van der Waals surface area (Å²) in [5.74, 6) is 0. The van der Waals surface area contributed by atoms with Crippen LogP contribution in [0.5, 0.6) is 0 Å². The maximum atomic E-state index is 8.42. The van der Waals surface area contributed by atoms with Gasteiger partial charge in [-0.1, -0.05) is 39.0 Å². The number of rotatable bonds is 6. The molecule has 0 rings (SSSR count). The second-order valence-electron chi connectivity index (χ2n) is 2.49. The van der Waals surface area contributed by atoms with Gasteiger partial charge in [-0.25, -0.2) is 0 Å². The third-order valence-electron chi connectivity index (χ3n) is 1.51. The maximum absolute atomic E-state index is 8.42. The third kappa shape index (κ3) is 18.2.